The van der Waals surface area contributed by atoms with Crippen molar-refractivity contribution in [3.05, 3.63) is 65.7 Å². The van der Waals surface area contributed by atoms with Gasteiger partial charge in [0.05, 0.1) is 18.4 Å². The van der Waals surface area contributed by atoms with Gasteiger partial charge >= 0.3 is 5.97 Å². The maximum Gasteiger partial charge on any atom is 0.339 e. The van der Waals surface area contributed by atoms with E-state index in [0.717, 1.165) is 5.56 Å². The molecule has 2 aromatic carbocycles. The van der Waals surface area contributed by atoms with Gasteiger partial charge in [-0.2, -0.15) is 0 Å². The van der Waals surface area contributed by atoms with Crippen LogP contribution in [0, 0.1) is 0 Å². The first-order valence-corrected chi connectivity index (χ1v) is 9.07. The minimum absolute atomic E-state index is 0.121. The maximum absolute atomic E-state index is 12.3. The van der Waals surface area contributed by atoms with Gasteiger partial charge in [0.1, 0.15) is 6.61 Å². The van der Waals surface area contributed by atoms with Crippen LogP contribution in [0.5, 0.6) is 0 Å². The largest absolute Gasteiger partial charge is 0.465 e. The molecule has 7 nitrogen and oxygen atoms in total. The number of hydrogen-bond donors (Lipinski definition) is 1. The summed E-state index contributed by atoms with van der Waals surface area (Å²) >= 11 is 0. The van der Waals surface area contributed by atoms with E-state index in [1.165, 1.54) is 31.2 Å². The van der Waals surface area contributed by atoms with Crippen LogP contribution in [0.2, 0.25) is 0 Å². The second kappa shape index (κ2) is 10.8. The van der Waals surface area contributed by atoms with E-state index in [4.69, 9.17) is 9.47 Å². The van der Waals surface area contributed by atoms with E-state index >= 15 is 0 Å². The molecule has 0 aromatic heterocycles. The molecule has 0 bridgehead atoms. The van der Waals surface area contributed by atoms with Crippen molar-refractivity contribution in [1.29, 1.82) is 0 Å². The van der Waals surface area contributed by atoms with Crippen LogP contribution < -0.4 is 10.2 Å². The SMILES string of the molecule is CCOCC(=O)N(C)c1cc(NC(=O)/C=C/c2ccccc2)ccc1C(=O)OC. The fourth-order valence-electron chi connectivity index (χ4n) is 2.51. The predicted octanol–water partition coefficient (Wildman–Crippen LogP) is 3.12. The molecule has 1 N–H and O–H groups in total. The molecule has 0 atom stereocenters. The molecule has 0 spiro atoms. The summed E-state index contributed by atoms with van der Waals surface area (Å²) in [6, 6.07) is 14.0. The van der Waals surface area contributed by atoms with Crippen molar-refractivity contribution in [1.82, 2.24) is 0 Å². The Bertz CT molecular complexity index is 893. The van der Waals surface area contributed by atoms with Crippen LogP contribution in [-0.2, 0) is 19.1 Å². The minimum Gasteiger partial charge on any atom is -0.465 e. The number of carbonyl (C=O) groups is 3. The number of methoxy groups -OCH3 is 1. The maximum atomic E-state index is 12.3. The van der Waals surface area contributed by atoms with Crippen molar-refractivity contribution < 1.29 is 23.9 Å². The lowest BCUT2D eigenvalue weighted by Gasteiger charge is -2.21. The third kappa shape index (κ3) is 6.29. The zero-order chi connectivity index (χ0) is 21.2. The average molecular weight is 396 g/mol. The first-order chi connectivity index (χ1) is 14.0. The first-order valence-electron chi connectivity index (χ1n) is 9.07. The molecule has 7 heteroatoms. The van der Waals surface area contributed by atoms with Crippen LogP contribution in [0.25, 0.3) is 6.08 Å². The van der Waals surface area contributed by atoms with Crippen LogP contribution in [0.3, 0.4) is 0 Å². The van der Waals surface area contributed by atoms with Crippen LogP contribution in [0.4, 0.5) is 11.4 Å². The molecule has 152 valence electrons. The number of benzene rings is 2. The molecule has 0 aliphatic carbocycles. The number of likely N-dealkylation sites (N-methyl/N-ethyl adjacent to an activating group) is 1. The highest BCUT2D eigenvalue weighted by molar-refractivity contribution is 6.06. The molecule has 0 saturated carbocycles. The quantitative estimate of drug-likeness (QED) is 0.547. The fourth-order valence-corrected chi connectivity index (χ4v) is 2.51. The number of esters is 1. The lowest BCUT2D eigenvalue weighted by Crippen LogP contribution is -2.31. The van der Waals surface area contributed by atoms with Crippen molar-refractivity contribution in [2.24, 2.45) is 0 Å². The Morgan fingerprint density at radius 1 is 1.10 bits per heavy atom. The monoisotopic (exact) mass is 396 g/mol. The Morgan fingerprint density at radius 3 is 2.48 bits per heavy atom. The van der Waals surface area contributed by atoms with E-state index in [1.54, 1.807) is 25.1 Å². The fraction of sp³-hybridized carbons (Fsp3) is 0.227. The number of rotatable bonds is 8. The van der Waals surface area contributed by atoms with Gasteiger partial charge in [0, 0.05) is 25.4 Å². The molecule has 2 rings (SSSR count). The molecule has 2 amide bonds. The van der Waals surface area contributed by atoms with Gasteiger partial charge in [-0.3, -0.25) is 9.59 Å². The zero-order valence-corrected chi connectivity index (χ0v) is 16.7. The molecule has 0 aliphatic heterocycles. The number of nitrogens with one attached hydrogen (secondary N) is 1. The molecule has 0 aliphatic rings. The Morgan fingerprint density at radius 2 is 1.83 bits per heavy atom. The Balaban J connectivity index is 2.22. The summed E-state index contributed by atoms with van der Waals surface area (Å²) in [7, 11) is 2.79. The van der Waals surface area contributed by atoms with Crippen molar-refractivity contribution in [2.45, 2.75) is 6.92 Å². The summed E-state index contributed by atoms with van der Waals surface area (Å²) in [6.45, 7) is 2.06. The second-order valence-corrected chi connectivity index (χ2v) is 6.05. The van der Waals surface area contributed by atoms with Gasteiger partial charge in [-0.1, -0.05) is 30.3 Å². The van der Waals surface area contributed by atoms with Crippen LogP contribution in [0.1, 0.15) is 22.8 Å². The number of carbonyl (C=O) groups excluding carboxylic acids is 3. The molecule has 0 radical (unpaired) electrons. The highest BCUT2D eigenvalue weighted by Crippen LogP contribution is 2.25. The topological polar surface area (TPSA) is 84.9 Å². The van der Waals surface area contributed by atoms with Crippen molar-refractivity contribution in [3.63, 3.8) is 0 Å². The van der Waals surface area contributed by atoms with Crippen LogP contribution in [-0.4, -0.2) is 45.2 Å². The highest BCUT2D eigenvalue weighted by atomic mass is 16.5. The summed E-state index contributed by atoms with van der Waals surface area (Å²) in [4.78, 5) is 37.9. The number of anilines is 2. The second-order valence-electron chi connectivity index (χ2n) is 6.05. The highest BCUT2D eigenvalue weighted by Gasteiger charge is 2.20. The number of ether oxygens (including phenoxy) is 2. The van der Waals surface area contributed by atoms with Crippen molar-refractivity contribution >= 4 is 35.2 Å². The normalized spacial score (nSPS) is 10.6. The molecular weight excluding hydrogens is 372 g/mol. The number of nitrogens with zero attached hydrogens (tertiary/aromatic N) is 1. The Kier molecular flexibility index (Phi) is 8.12. The van der Waals surface area contributed by atoms with Crippen molar-refractivity contribution in [2.75, 3.05) is 37.6 Å². The summed E-state index contributed by atoms with van der Waals surface area (Å²) in [6.07, 6.45) is 3.10. The van der Waals surface area contributed by atoms with E-state index in [-0.39, 0.29) is 24.0 Å². The predicted molar refractivity (Wildman–Crippen MR) is 112 cm³/mol. The van der Waals surface area contributed by atoms with Gasteiger partial charge in [-0.25, -0.2) is 4.79 Å². The van der Waals surface area contributed by atoms with E-state index in [0.29, 0.717) is 18.0 Å². The molecule has 0 saturated heterocycles. The average Bonchev–Trinajstić information content (AvgIpc) is 2.75. The van der Waals surface area contributed by atoms with Crippen LogP contribution in [0.15, 0.2) is 54.6 Å². The third-order valence-corrected chi connectivity index (χ3v) is 4.06. The molecule has 0 fully saturated rings. The molecule has 29 heavy (non-hydrogen) atoms. The summed E-state index contributed by atoms with van der Waals surface area (Å²) < 4.78 is 9.94. The summed E-state index contributed by atoms with van der Waals surface area (Å²) in [5.41, 5.74) is 1.85. The zero-order valence-electron chi connectivity index (χ0n) is 16.7. The Hall–Kier alpha value is -3.45. The smallest absolute Gasteiger partial charge is 0.339 e. The molecular formula is C22H24N2O5. The lowest BCUT2D eigenvalue weighted by molar-refractivity contribution is -0.122. The molecule has 0 heterocycles. The van der Waals surface area contributed by atoms with E-state index in [1.807, 2.05) is 30.3 Å². The standard InChI is InChI=1S/C22H24N2O5/c1-4-29-15-21(26)24(2)19-14-17(11-12-18(19)22(27)28-3)23-20(25)13-10-16-8-6-5-7-9-16/h5-14H,4,15H2,1-3H3,(H,23,25)/b13-10+. The Labute approximate surface area is 169 Å². The first kappa shape index (κ1) is 21.8. The lowest BCUT2D eigenvalue weighted by atomic mass is 10.1. The summed E-state index contributed by atoms with van der Waals surface area (Å²) in [5.74, 6) is -1.25. The van der Waals surface area contributed by atoms with E-state index < -0.39 is 5.97 Å². The van der Waals surface area contributed by atoms with Gasteiger partial charge in [0.25, 0.3) is 5.91 Å². The molecule has 2 aromatic rings. The number of amides is 2. The van der Waals surface area contributed by atoms with Gasteiger partial charge < -0.3 is 19.7 Å². The van der Waals surface area contributed by atoms with Gasteiger partial charge in [-0.05, 0) is 36.8 Å². The van der Waals surface area contributed by atoms with E-state index in [2.05, 4.69) is 5.32 Å². The van der Waals surface area contributed by atoms with Gasteiger partial charge in [0.2, 0.25) is 5.91 Å². The van der Waals surface area contributed by atoms with Gasteiger partial charge in [-0.15, -0.1) is 0 Å². The van der Waals surface area contributed by atoms with Crippen molar-refractivity contribution in [3.8, 4) is 0 Å². The third-order valence-electron chi connectivity index (χ3n) is 4.06. The van der Waals surface area contributed by atoms with E-state index in [9.17, 15) is 14.4 Å². The minimum atomic E-state index is -0.585. The molecule has 0 unspecified atom stereocenters. The van der Waals surface area contributed by atoms with Gasteiger partial charge in [0.15, 0.2) is 0 Å². The summed E-state index contributed by atoms with van der Waals surface area (Å²) in [5, 5.41) is 2.73. The van der Waals surface area contributed by atoms with Crippen LogP contribution >= 0.6 is 0 Å². The number of hydrogen-bond acceptors (Lipinski definition) is 5.